The predicted molar refractivity (Wildman–Crippen MR) is 77.7 cm³/mol. The Morgan fingerprint density at radius 2 is 2.00 bits per heavy atom. The van der Waals surface area contributed by atoms with E-state index in [1.54, 1.807) is 0 Å². The van der Waals surface area contributed by atoms with Gasteiger partial charge in [0.25, 0.3) is 0 Å². The van der Waals surface area contributed by atoms with Gasteiger partial charge in [-0.1, -0.05) is 27.7 Å². The molecule has 1 amide bonds. The topological polar surface area (TPSA) is 79.3 Å². The predicted octanol–water partition coefficient (Wildman–Crippen LogP) is 3.18. The third-order valence-electron chi connectivity index (χ3n) is 2.76. The summed E-state index contributed by atoms with van der Waals surface area (Å²) in [5, 5.41) is 11.6. The van der Waals surface area contributed by atoms with Crippen LogP contribution in [0, 0.1) is 11.3 Å². The van der Waals surface area contributed by atoms with E-state index in [2.05, 4.69) is 31.1 Å². The number of carboxylic acid groups (broad SMARTS) is 1. The highest BCUT2D eigenvalue weighted by Crippen LogP contribution is 2.26. The van der Waals surface area contributed by atoms with Crippen LogP contribution in [0.5, 0.6) is 0 Å². The van der Waals surface area contributed by atoms with Gasteiger partial charge in [0, 0.05) is 12.6 Å². The van der Waals surface area contributed by atoms with Crippen molar-refractivity contribution >= 4 is 17.6 Å². The molecule has 0 saturated carbocycles. The SMILES string of the molecule is CC(CC(=O)Nc1cncc(C(=O)O)c1)CC(C)(C)C. The Hall–Kier alpha value is -1.91. The lowest BCUT2D eigenvalue weighted by atomic mass is 9.84. The number of aromatic nitrogens is 1. The van der Waals surface area contributed by atoms with E-state index < -0.39 is 5.97 Å². The standard InChI is InChI=1S/C15H22N2O3/c1-10(7-15(2,3)4)5-13(18)17-12-6-11(14(19)20)8-16-9-12/h6,8-10H,5,7H2,1-4H3,(H,17,18)(H,19,20). The fraction of sp³-hybridized carbons (Fsp3) is 0.533. The van der Waals surface area contributed by atoms with Gasteiger partial charge in [0.15, 0.2) is 0 Å². The van der Waals surface area contributed by atoms with Gasteiger partial charge in [-0.05, 0) is 23.8 Å². The molecule has 1 unspecified atom stereocenters. The number of carbonyl (C=O) groups is 2. The lowest BCUT2D eigenvalue weighted by Gasteiger charge is -2.22. The van der Waals surface area contributed by atoms with Crippen molar-refractivity contribution < 1.29 is 14.7 Å². The van der Waals surface area contributed by atoms with Gasteiger partial charge in [0.05, 0.1) is 17.4 Å². The molecule has 5 nitrogen and oxygen atoms in total. The van der Waals surface area contributed by atoms with Crippen molar-refractivity contribution in [3.05, 3.63) is 24.0 Å². The fourth-order valence-electron chi connectivity index (χ4n) is 2.27. The van der Waals surface area contributed by atoms with Crippen LogP contribution >= 0.6 is 0 Å². The lowest BCUT2D eigenvalue weighted by Crippen LogP contribution is -2.19. The third kappa shape index (κ3) is 5.82. The molecule has 5 heteroatoms. The summed E-state index contributed by atoms with van der Waals surface area (Å²) in [7, 11) is 0. The first kappa shape index (κ1) is 16.1. The summed E-state index contributed by atoms with van der Waals surface area (Å²) in [4.78, 5) is 26.5. The zero-order chi connectivity index (χ0) is 15.3. The Balaban J connectivity index is 2.58. The average molecular weight is 278 g/mol. The second-order valence-corrected chi connectivity index (χ2v) is 6.39. The zero-order valence-electron chi connectivity index (χ0n) is 12.4. The number of hydrogen-bond acceptors (Lipinski definition) is 3. The second kappa shape index (κ2) is 6.50. The molecule has 0 aliphatic heterocycles. The molecule has 0 fully saturated rings. The molecule has 0 saturated heterocycles. The number of carbonyl (C=O) groups excluding carboxylic acids is 1. The molecule has 1 rings (SSSR count). The molecule has 1 atom stereocenters. The van der Waals surface area contributed by atoms with Crippen molar-refractivity contribution in [1.29, 1.82) is 0 Å². The van der Waals surface area contributed by atoms with Crippen molar-refractivity contribution in [2.24, 2.45) is 11.3 Å². The maximum absolute atomic E-state index is 11.9. The molecular formula is C15H22N2O3. The number of anilines is 1. The van der Waals surface area contributed by atoms with E-state index in [9.17, 15) is 9.59 Å². The van der Waals surface area contributed by atoms with Crippen molar-refractivity contribution in [3.8, 4) is 0 Å². The summed E-state index contributed by atoms with van der Waals surface area (Å²) in [6.07, 6.45) is 4.06. The molecule has 1 aromatic rings. The van der Waals surface area contributed by atoms with E-state index in [0.29, 0.717) is 12.1 Å². The third-order valence-corrected chi connectivity index (χ3v) is 2.76. The number of nitrogens with zero attached hydrogens (tertiary/aromatic N) is 1. The van der Waals surface area contributed by atoms with E-state index in [1.807, 2.05) is 6.92 Å². The highest BCUT2D eigenvalue weighted by molar-refractivity contribution is 5.93. The summed E-state index contributed by atoms with van der Waals surface area (Å²) < 4.78 is 0. The second-order valence-electron chi connectivity index (χ2n) is 6.39. The molecule has 0 spiro atoms. The molecule has 1 aromatic heterocycles. The summed E-state index contributed by atoms with van der Waals surface area (Å²) in [6, 6.07) is 1.40. The van der Waals surface area contributed by atoms with Gasteiger partial charge in [-0.25, -0.2) is 4.79 Å². The van der Waals surface area contributed by atoms with E-state index in [4.69, 9.17) is 5.11 Å². The van der Waals surface area contributed by atoms with Gasteiger partial charge in [0.1, 0.15) is 0 Å². The minimum absolute atomic E-state index is 0.0607. The number of aromatic carboxylic acids is 1. The van der Waals surface area contributed by atoms with Crippen LogP contribution in [0.3, 0.4) is 0 Å². The first-order valence-corrected chi connectivity index (χ1v) is 6.65. The Kier molecular flexibility index (Phi) is 5.25. The van der Waals surface area contributed by atoms with Gasteiger partial charge in [-0.2, -0.15) is 0 Å². The number of hydrogen-bond donors (Lipinski definition) is 2. The van der Waals surface area contributed by atoms with E-state index in [0.717, 1.165) is 6.42 Å². The van der Waals surface area contributed by atoms with Crippen molar-refractivity contribution in [3.63, 3.8) is 0 Å². The van der Waals surface area contributed by atoms with Crippen LogP contribution in [0.2, 0.25) is 0 Å². The average Bonchev–Trinajstić information content (AvgIpc) is 2.25. The zero-order valence-corrected chi connectivity index (χ0v) is 12.4. The van der Waals surface area contributed by atoms with Gasteiger partial charge in [-0.3, -0.25) is 9.78 Å². The van der Waals surface area contributed by atoms with Crippen LogP contribution in [0.1, 0.15) is 50.9 Å². The number of carboxylic acids is 1. The molecular weight excluding hydrogens is 256 g/mol. The largest absolute Gasteiger partial charge is 0.478 e. The number of rotatable bonds is 5. The van der Waals surface area contributed by atoms with Gasteiger partial charge in [0.2, 0.25) is 5.91 Å². The molecule has 0 aromatic carbocycles. The Morgan fingerprint density at radius 3 is 2.55 bits per heavy atom. The van der Waals surface area contributed by atoms with Crippen LogP contribution in [-0.2, 0) is 4.79 Å². The summed E-state index contributed by atoms with van der Waals surface area (Å²) >= 11 is 0. The normalized spacial score (nSPS) is 12.8. The minimum Gasteiger partial charge on any atom is -0.478 e. The van der Waals surface area contributed by atoms with Crippen molar-refractivity contribution in [1.82, 2.24) is 4.98 Å². The van der Waals surface area contributed by atoms with E-state index >= 15 is 0 Å². The first-order chi connectivity index (χ1) is 9.17. The highest BCUT2D eigenvalue weighted by atomic mass is 16.4. The van der Waals surface area contributed by atoms with E-state index in [1.165, 1.54) is 18.5 Å². The quantitative estimate of drug-likeness (QED) is 0.867. The van der Waals surface area contributed by atoms with E-state index in [-0.39, 0.29) is 22.8 Å². The molecule has 110 valence electrons. The first-order valence-electron chi connectivity index (χ1n) is 6.65. The smallest absolute Gasteiger partial charge is 0.337 e. The number of amides is 1. The Labute approximate surface area is 119 Å². The maximum Gasteiger partial charge on any atom is 0.337 e. The Bertz CT molecular complexity index is 492. The molecule has 0 radical (unpaired) electrons. The summed E-state index contributed by atoms with van der Waals surface area (Å²) in [6.45, 7) is 8.46. The molecule has 20 heavy (non-hydrogen) atoms. The van der Waals surface area contributed by atoms with Crippen LogP contribution in [0.15, 0.2) is 18.5 Å². The van der Waals surface area contributed by atoms with Crippen LogP contribution in [-0.4, -0.2) is 22.0 Å². The molecule has 1 heterocycles. The number of pyridine rings is 1. The summed E-state index contributed by atoms with van der Waals surface area (Å²) in [5.41, 5.74) is 0.660. The highest BCUT2D eigenvalue weighted by Gasteiger charge is 2.18. The van der Waals surface area contributed by atoms with Gasteiger partial charge in [-0.15, -0.1) is 0 Å². The maximum atomic E-state index is 11.9. The van der Waals surface area contributed by atoms with Crippen LogP contribution in [0.25, 0.3) is 0 Å². The van der Waals surface area contributed by atoms with Crippen LogP contribution < -0.4 is 5.32 Å². The van der Waals surface area contributed by atoms with Gasteiger partial charge >= 0.3 is 5.97 Å². The fourth-order valence-corrected chi connectivity index (χ4v) is 2.27. The van der Waals surface area contributed by atoms with Crippen LogP contribution in [0.4, 0.5) is 5.69 Å². The molecule has 0 aliphatic carbocycles. The van der Waals surface area contributed by atoms with Crippen molar-refractivity contribution in [2.45, 2.75) is 40.5 Å². The van der Waals surface area contributed by atoms with Crippen molar-refractivity contribution in [2.75, 3.05) is 5.32 Å². The molecule has 0 bridgehead atoms. The molecule has 2 N–H and O–H groups in total. The Morgan fingerprint density at radius 1 is 1.35 bits per heavy atom. The lowest BCUT2D eigenvalue weighted by molar-refractivity contribution is -0.117. The monoisotopic (exact) mass is 278 g/mol. The molecule has 0 aliphatic rings. The summed E-state index contributed by atoms with van der Waals surface area (Å²) in [5.74, 6) is -0.911. The van der Waals surface area contributed by atoms with Gasteiger partial charge < -0.3 is 10.4 Å². The number of nitrogens with one attached hydrogen (secondary N) is 1. The minimum atomic E-state index is -1.06.